The molecule has 1 fully saturated rings. The van der Waals surface area contributed by atoms with Crippen molar-refractivity contribution >= 4 is 5.96 Å². The average molecular weight is 343 g/mol. The second kappa shape index (κ2) is 8.14. The van der Waals surface area contributed by atoms with Gasteiger partial charge in [-0.1, -0.05) is 12.1 Å². The van der Waals surface area contributed by atoms with Gasteiger partial charge in [0.15, 0.2) is 5.96 Å². The molecule has 0 spiro atoms. The first-order valence-electron chi connectivity index (χ1n) is 8.92. The zero-order valence-corrected chi connectivity index (χ0v) is 15.0. The predicted octanol–water partition coefficient (Wildman–Crippen LogP) is 2.56. The molecular formula is C19H26FN5. The van der Waals surface area contributed by atoms with Crippen molar-refractivity contribution in [2.45, 2.75) is 25.7 Å². The van der Waals surface area contributed by atoms with Crippen molar-refractivity contribution in [2.24, 2.45) is 12.0 Å². The summed E-state index contributed by atoms with van der Waals surface area (Å²) in [5, 5.41) is 7.66. The van der Waals surface area contributed by atoms with Crippen molar-refractivity contribution in [3.05, 3.63) is 53.6 Å². The summed E-state index contributed by atoms with van der Waals surface area (Å²) in [6.45, 7) is 5.52. The molecule has 2 heterocycles. The van der Waals surface area contributed by atoms with Crippen LogP contribution in [0.2, 0.25) is 0 Å². The molecule has 1 atom stereocenters. The lowest BCUT2D eigenvalue weighted by Gasteiger charge is -2.21. The standard InChI is InChI=1S/C19H26FN5/c1-3-21-19(22-9-7-15-5-4-6-18(20)11-15)25-10-8-16(14-25)17-12-23-24(2)13-17/h4-6,11-13,16H,3,7-10,14H2,1-2H3,(H,21,22). The van der Waals surface area contributed by atoms with Gasteiger partial charge < -0.3 is 10.2 Å². The molecule has 5 nitrogen and oxygen atoms in total. The van der Waals surface area contributed by atoms with Crippen molar-refractivity contribution in [1.82, 2.24) is 20.0 Å². The summed E-state index contributed by atoms with van der Waals surface area (Å²) in [5.41, 5.74) is 2.27. The molecule has 25 heavy (non-hydrogen) atoms. The lowest BCUT2D eigenvalue weighted by Crippen LogP contribution is -2.40. The highest BCUT2D eigenvalue weighted by molar-refractivity contribution is 5.80. The highest BCUT2D eigenvalue weighted by atomic mass is 19.1. The highest BCUT2D eigenvalue weighted by Crippen LogP contribution is 2.26. The molecule has 2 aromatic rings. The molecule has 0 radical (unpaired) electrons. The fraction of sp³-hybridized carbons (Fsp3) is 0.474. The van der Waals surface area contributed by atoms with E-state index >= 15 is 0 Å². The quantitative estimate of drug-likeness (QED) is 0.670. The molecule has 1 aliphatic rings. The van der Waals surface area contributed by atoms with Gasteiger partial charge in [0.2, 0.25) is 0 Å². The largest absolute Gasteiger partial charge is 0.357 e. The number of guanidine groups is 1. The summed E-state index contributed by atoms with van der Waals surface area (Å²) in [5.74, 6) is 1.26. The van der Waals surface area contributed by atoms with Crippen LogP contribution in [0.1, 0.15) is 30.4 Å². The number of aryl methyl sites for hydroxylation is 1. The Hall–Kier alpha value is -2.37. The molecule has 134 valence electrons. The van der Waals surface area contributed by atoms with Crippen LogP contribution in [0.25, 0.3) is 0 Å². The van der Waals surface area contributed by atoms with E-state index < -0.39 is 0 Å². The Labute approximate surface area is 148 Å². The first kappa shape index (κ1) is 17.5. The van der Waals surface area contributed by atoms with Crippen LogP contribution >= 0.6 is 0 Å². The maximum Gasteiger partial charge on any atom is 0.193 e. The Bertz CT molecular complexity index is 724. The van der Waals surface area contributed by atoms with Gasteiger partial charge in [0, 0.05) is 45.3 Å². The lowest BCUT2D eigenvalue weighted by atomic mass is 10.0. The number of aromatic nitrogens is 2. The molecule has 1 saturated heterocycles. The van der Waals surface area contributed by atoms with E-state index in [0.717, 1.165) is 44.0 Å². The molecular weight excluding hydrogens is 317 g/mol. The maximum absolute atomic E-state index is 13.3. The average Bonchev–Trinajstić information content (AvgIpc) is 3.23. The zero-order valence-electron chi connectivity index (χ0n) is 15.0. The minimum absolute atomic E-state index is 0.188. The number of nitrogens with one attached hydrogen (secondary N) is 1. The van der Waals surface area contributed by atoms with Crippen LogP contribution < -0.4 is 5.32 Å². The van der Waals surface area contributed by atoms with Gasteiger partial charge in [-0.15, -0.1) is 0 Å². The first-order chi connectivity index (χ1) is 12.2. The van der Waals surface area contributed by atoms with Crippen molar-refractivity contribution in [3.63, 3.8) is 0 Å². The molecule has 1 N–H and O–H groups in total. The first-order valence-corrected chi connectivity index (χ1v) is 8.92. The lowest BCUT2D eigenvalue weighted by molar-refractivity contribution is 0.486. The van der Waals surface area contributed by atoms with Gasteiger partial charge in [0.25, 0.3) is 0 Å². The molecule has 3 rings (SSSR count). The summed E-state index contributed by atoms with van der Waals surface area (Å²) in [6, 6.07) is 6.74. The predicted molar refractivity (Wildman–Crippen MR) is 98.2 cm³/mol. The molecule has 0 saturated carbocycles. The summed E-state index contributed by atoms with van der Waals surface area (Å²) >= 11 is 0. The third-order valence-electron chi connectivity index (χ3n) is 4.57. The van der Waals surface area contributed by atoms with Gasteiger partial charge in [0.1, 0.15) is 5.82 Å². The van der Waals surface area contributed by atoms with Gasteiger partial charge >= 0.3 is 0 Å². The highest BCUT2D eigenvalue weighted by Gasteiger charge is 2.26. The Morgan fingerprint density at radius 3 is 3.04 bits per heavy atom. The number of hydrogen-bond acceptors (Lipinski definition) is 2. The van der Waals surface area contributed by atoms with Gasteiger partial charge in [0.05, 0.1) is 6.20 Å². The van der Waals surface area contributed by atoms with Gasteiger partial charge in [-0.25, -0.2) is 4.39 Å². The van der Waals surface area contributed by atoms with Crippen LogP contribution in [0.4, 0.5) is 4.39 Å². The molecule has 1 aromatic carbocycles. The van der Waals surface area contributed by atoms with E-state index in [4.69, 9.17) is 4.99 Å². The SMILES string of the molecule is CCNC(=NCCc1cccc(F)c1)N1CCC(c2cnn(C)c2)C1. The Kier molecular flexibility index (Phi) is 5.68. The monoisotopic (exact) mass is 343 g/mol. The molecule has 1 unspecified atom stereocenters. The molecule has 1 aromatic heterocycles. The van der Waals surface area contributed by atoms with Crippen LogP contribution in [0.15, 0.2) is 41.7 Å². The number of likely N-dealkylation sites (tertiary alicyclic amines) is 1. The Morgan fingerprint density at radius 2 is 2.32 bits per heavy atom. The zero-order chi connectivity index (χ0) is 17.6. The van der Waals surface area contributed by atoms with Crippen molar-refractivity contribution < 1.29 is 4.39 Å². The molecule has 6 heteroatoms. The van der Waals surface area contributed by atoms with E-state index in [1.807, 2.05) is 24.0 Å². The van der Waals surface area contributed by atoms with E-state index in [-0.39, 0.29) is 5.82 Å². The number of halogens is 1. The summed E-state index contributed by atoms with van der Waals surface area (Å²) in [6.07, 6.45) is 5.91. The van der Waals surface area contributed by atoms with Gasteiger partial charge in [-0.2, -0.15) is 5.10 Å². The molecule has 0 amide bonds. The second-order valence-corrected chi connectivity index (χ2v) is 6.49. The summed E-state index contributed by atoms with van der Waals surface area (Å²) in [4.78, 5) is 7.05. The van der Waals surface area contributed by atoms with Crippen LogP contribution in [-0.4, -0.2) is 46.8 Å². The van der Waals surface area contributed by atoms with Gasteiger partial charge in [-0.05, 0) is 43.0 Å². The van der Waals surface area contributed by atoms with Crippen LogP contribution in [0, 0.1) is 5.82 Å². The van der Waals surface area contributed by atoms with Crippen molar-refractivity contribution in [1.29, 1.82) is 0 Å². The van der Waals surface area contributed by atoms with Gasteiger partial charge in [-0.3, -0.25) is 9.67 Å². The topological polar surface area (TPSA) is 45.5 Å². The third-order valence-corrected chi connectivity index (χ3v) is 4.57. The second-order valence-electron chi connectivity index (χ2n) is 6.49. The van der Waals surface area contributed by atoms with E-state index in [1.165, 1.54) is 11.6 Å². The van der Waals surface area contributed by atoms with E-state index in [9.17, 15) is 4.39 Å². The normalized spacial score (nSPS) is 18.0. The van der Waals surface area contributed by atoms with E-state index in [1.54, 1.807) is 12.1 Å². The number of hydrogen-bond donors (Lipinski definition) is 1. The minimum Gasteiger partial charge on any atom is -0.357 e. The Balaban J connectivity index is 1.60. The van der Waals surface area contributed by atoms with Crippen LogP contribution in [-0.2, 0) is 13.5 Å². The summed E-state index contributed by atoms with van der Waals surface area (Å²) in [7, 11) is 1.95. The summed E-state index contributed by atoms with van der Waals surface area (Å²) < 4.78 is 15.1. The minimum atomic E-state index is -0.188. The maximum atomic E-state index is 13.3. The number of benzene rings is 1. The number of aliphatic imine (C=N–C) groups is 1. The van der Waals surface area contributed by atoms with Crippen LogP contribution in [0.3, 0.4) is 0 Å². The van der Waals surface area contributed by atoms with Crippen LogP contribution in [0.5, 0.6) is 0 Å². The van der Waals surface area contributed by atoms with E-state index in [2.05, 4.69) is 28.4 Å². The molecule has 0 aliphatic carbocycles. The van der Waals surface area contributed by atoms with E-state index in [0.29, 0.717) is 12.5 Å². The van der Waals surface area contributed by atoms with Crippen molar-refractivity contribution in [3.8, 4) is 0 Å². The number of rotatable bonds is 5. The molecule has 0 bridgehead atoms. The fourth-order valence-electron chi connectivity index (χ4n) is 3.28. The number of nitrogens with zero attached hydrogens (tertiary/aromatic N) is 4. The van der Waals surface area contributed by atoms with Crippen molar-refractivity contribution in [2.75, 3.05) is 26.2 Å². The smallest absolute Gasteiger partial charge is 0.193 e. The Morgan fingerprint density at radius 1 is 1.44 bits per heavy atom. The molecule has 1 aliphatic heterocycles. The third kappa shape index (κ3) is 4.59. The fourth-order valence-corrected chi connectivity index (χ4v) is 3.28.